The Hall–Kier alpha value is -1.47. The molecule has 140 valence electrons. The van der Waals surface area contributed by atoms with Gasteiger partial charge in [-0.05, 0) is 32.9 Å². The minimum atomic E-state index is -3.25. The number of aromatic nitrogens is 2. The second-order valence-corrected chi connectivity index (χ2v) is 8.99. The standard InChI is InChI=1S/C19H22BrF2N3O/c1-17(2,3)24-10-8-18(9-11-24)14-12-23-25(19(20,21)22)16(14)13-6-4-5-7-15(13)26-18/h4-7,12H,8-11H2,1-3H3. The van der Waals surface area contributed by atoms with Gasteiger partial charge in [-0.2, -0.15) is 18.6 Å². The molecule has 0 bridgehead atoms. The summed E-state index contributed by atoms with van der Waals surface area (Å²) in [5, 5.41) is 4.01. The highest BCUT2D eigenvalue weighted by Crippen LogP contribution is 2.51. The van der Waals surface area contributed by atoms with E-state index in [0.29, 0.717) is 17.0 Å². The first kappa shape index (κ1) is 17.9. The molecule has 0 N–H and O–H groups in total. The largest absolute Gasteiger partial charge is 0.482 e. The van der Waals surface area contributed by atoms with Gasteiger partial charge in [-0.15, -0.1) is 0 Å². The number of benzene rings is 1. The van der Waals surface area contributed by atoms with E-state index in [1.807, 2.05) is 24.3 Å². The lowest BCUT2D eigenvalue weighted by atomic mass is 9.80. The van der Waals surface area contributed by atoms with Crippen molar-refractivity contribution in [2.24, 2.45) is 0 Å². The van der Waals surface area contributed by atoms with E-state index in [1.165, 1.54) is 0 Å². The monoisotopic (exact) mass is 425 g/mol. The van der Waals surface area contributed by atoms with Crippen molar-refractivity contribution in [2.75, 3.05) is 13.1 Å². The first-order chi connectivity index (χ1) is 12.1. The van der Waals surface area contributed by atoms with Crippen molar-refractivity contribution < 1.29 is 13.5 Å². The molecule has 1 fully saturated rings. The summed E-state index contributed by atoms with van der Waals surface area (Å²) < 4.78 is 35.4. The van der Waals surface area contributed by atoms with E-state index in [9.17, 15) is 8.78 Å². The smallest absolute Gasteiger partial charge is 0.401 e. The van der Waals surface area contributed by atoms with Crippen LogP contribution in [0.5, 0.6) is 5.75 Å². The Balaban J connectivity index is 1.81. The van der Waals surface area contributed by atoms with Crippen molar-refractivity contribution in [2.45, 2.75) is 49.7 Å². The average Bonchev–Trinajstić information content (AvgIpc) is 3.01. The lowest BCUT2D eigenvalue weighted by Gasteiger charge is -2.48. The third-order valence-electron chi connectivity index (χ3n) is 5.47. The van der Waals surface area contributed by atoms with Crippen LogP contribution in [0.4, 0.5) is 8.78 Å². The molecule has 0 aliphatic carbocycles. The van der Waals surface area contributed by atoms with Crippen LogP contribution in [0.3, 0.4) is 0 Å². The molecule has 1 saturated heterocycles. The van der Waals surface area contributed by atoms with Crippen molar-refractivity contribution in [1.29, 1.82) is 0 Å². The molecule has 0 unspecified atom stereocenters. The molecule has 1 aromatic heterocycles. The van der Waals surface area contributed by atoms with E-state index in [1.54, 1.807) is 6.20 Å². The van der Waals surface area contributed by atoms with Gasteiger partial charge in [-0.3, -0.25) is 4.90 Å². The lowest BCUT2D eigenvalue weighted by Crippen LogP contribution is -2.52. The van der Waals surface area contributed by atoms with Gasteiger partial charge in [-0.1, -0.05) is 12.1 Å². The Morgan fingerprint density at radius 3 is 2.42 bits per heavy atom. The number of piperidine rings is 1. The molecule has 1 aromatic carbocycles. The van der Waals surface area contributed by atoms with E-state index < -0.39 is 10.6 Å². The first-order valence-corrected chi connectivity index (χ1v) is 9.60. The predicted molar refractivity (Wildman–Crippen MR) is 99.6 cm³/mol. The van der Waals surface area contributed by atoms with Crippen LogP contribution in [0.1, 0.15) is 39.2 Å². The molecule has 2 aliphatic rings. The molecule has 26 heavy (non-hydrogen) atoms. The fourth-order valence-electron chi connectivity index (χ4n) is 4.06. The van der Waals surface area contributed by atoms with Gasteiger partial charge in [0.05, 0.1) is 11.9 Å². The molecule has 7 heteroatoms. The van der Waals surface area contributed by atoms with Crippen LogP contribution in [0.2, 0.25) is 0 Å². The van der Waals surface area contributed by atoms with Crippen LogP contribution in [0.15, 0.2) is 30.5 Å². The van der Waals surface area contributed by atoms with Gasteiger partial charge in [-0.25, -0.2) is 0 Å². The first-order valence-electron chi connectivity index (χ1n) is 8.81. The minimum Gasteiger partial charge on any atom is -0.482 e. The highest BCUT2D eigenvalue weighted by molar-refractivity contribution is 9.09. The van der Waals surface area contributed by atoms with Crippen molar-refractivity contribution in [3.63, 3.8) is 0 Å². The van der Waals surface area contributed by atoms with Crippen LogP contribution in [-0.4, -0.2) is 33.3 Å². The summed E-state index contributed by atoms with van der Waals surface area (Å²) >= 11 is 2.46. The minimum absolute atomic E-state index is 0.0735. The zero-order valence-electron chi connectivity index (χ0n) is 15.1. The predicted octanol–water partition coefficient (Wildman–Crippen LogP) is 4.93. The molecule has 1 spiro atoms. The van der Waals surface area contributed by atoms with Crippen LogP contribution in [0.25, 0.3) is 11.3 Å². The van der Waals surface area contributed by atoms with Crippen molar-refractivity contribution in [3.05, 3.63) is 36.0 Å². The zero-order chi connectivity index (χ0) is 18.7. The molecule has 2 aliphatic heterocycles. The average molecular weight is 426 g/mol. The Labute approximate surface area is 160 Å². The lowest BCUT2D eigenvalue weighted by molar-refractivity contribution is -0.0295. The molecule has 2 aromatic rings. The number of alkyl halides is 3. The number of likely N-dealkylation sites (tertiary alicyclic amines) is 1. The number of halogens is 3. The molecule has 0 radical (unpaired) electrons. The highest BCUT2D eigenvalue weighted by Gasteiger charge is 2.48. The summed E-state index contributed by atoms with van der Waals surface area (Å²) in [5.74, 6) is 0.641. The quantitative estimate of drug-likeness (QED) is 0.606. The Bertz CT molecular complexity index is 830. The Kier molecular flexibility index (Phi) is 3.97. The van der Waals surface area contributed by atoms with Crippen LogP contribution >= 0.6 is 15.9 Å². The van der Waals surface area contributed by atoms with E-state index in [4.69, 9.17) is 4.74 Å². The summed E-state index contributed by atoms with van der Waals surface area (Å²) in [5.41, 5.74) is 1.32. The van der Waals surface area contributed by atoms with Crippen molar-refractivity contribution in [3.8, 4) is 17.0 Å². The molecule has 4 nitrogen and oxygen atoms in total. The van der Waals surface area contributed by atoms with Gasteiger partial charge in [0.2, 0.25) is 0 Å². The number of ether oxygens (including phenoxy) is 1. The van der Waals surface area contributed by atoms with Crippen molar-refractivity contribution >= 4 is 15.9 Å². The number of fused-ring (bicyclic) bond motifs is 4. The van der Waals surface area contributed by atoms with Gasteiger partial charge in [0.25, 0.3) is 0 Å². The molecule has 3 heterocycles. The third kappa shape index (κ3) is 2.76. The Morgan fingerprint density at radius 2 is 1.81 bits per heavy atom. The highest BCUT2D eigenvalue weighted by atomic mass is 79.9. The molecule has 0 saturated carbocycles. The van der Waals surface area contributed by atoms with Crippen LogP contribution in [0, 0.1) is 0 Å². The second kappa shape index (κ2) is 5.76. The Morgan fingerprint density at radius 1 is 1.15 bits per heavy atom. The molecule has 0 amide bonds. The topological polar surface area (TPSA) is 30.3 Å². The van der Waals surface area contributed by atoms with E-state index in [-0.39, 0.29) is 5.54 Å². The summed E-state index contributed by atoms with van der Waals surface area (Å²) in [4.78, 5) is -0.844. The second-order valence-electron chi connectivity index (χ2n) is 8.04. The van der Waals surface area contributed by atoms with Gasteiger partial charge in [0.15, 0.2) is 0 Å². The van der Waals surface area contributed by atoms with Crippen LogP contribution < -0.4 is 4.74 Å². The van der Waals surface area contributed by atoms with E-state index >= 15 is 0 Å². The molecular formula is C19H22BrF2N3O. The molecule has 0 atom stereocenters. The summed E-state index contributed by atoms with van der Waals surface area (Å²) in [6, 6.07) is 7.35. The number of rotatable bonds is 1. The summed E-state index contributed by atoms with van der Waals surface area (Å²) in [6.07, 6.45) is 3.03. The normalized spacial score (nSPS) is 19.8. The molecule has 4 rings (SSSR count). The van der Waals surface area contributed by atoms with Gasteiger partial charge in [0.1, 0.15) is 11.4 Å². The van der Waals surface area contributed by atoms with Crippen LogP contribution in [-0.2, 0) is 10.6 Å². The third-order valence-corrected chi connectivity index (χ3v) is 5.80. The van der Waals surface area contributed by atoms with E-state index in [0.717, 1.165) is 36.2 Å². The summed E-state index contributed by atoms with van der Waals surface area (Å²) in [7, 11) is 0. The number of hydrogen-bond acceptors (Lipinski definition) is 3. The molecular weight excluding hydrogens is 404 g/mol. The maximum atomic E-state index is 14.1. The maximum absolute atomic E-state index is 14.1. The van der Waals surface area contributed by atoms with Gasteiger partial charge >= 0.3 is 4.96 Å². The number of para-hydroxylation sites is 1. The fraction of sp³-hybridized carbons (Fsp3) is 0.526. The van der Waals surface area contributed by atoms with Gasteiger partial charge in [0, 0.05) is 58.5 Å². The fourth-order valence-corrected chi connectivity index (χ4v) is 4.33. The number of nitrogens with zero attached hydrogens (tertiary/aromatic N) is 3. The van der Waals surface area contributed by atoms with E-state index in [2.05, 4.69) is 46.7 Å². The maximum Gasteiger partial charge on any atom is 0.401 e. The SMILES string of the molecule is CC(C)(C)N1CCC2(CC1)Oc1ccccc1-c1c2cnn1C(F)(F)Br. The number of hydrogen-bond donors (Lipinski definition) is 0. The van der Waals surface area contributed by atoms with Gasteiger partial charge < -0.3 is 4.74 Å². The van der Waals surface area contributed by atoms with Crippen molar-refractivity contribution in [1.82, 2.24) is 14.7 Å². The summed E-state index contributed by atoms with van der Waals surface area (Å²) in [6.45, 7) is 8.27. The zero-order valence-corrected chi connectivity index (χ0v) is 16.7.